The minimum absolute atomic E-state index is 0.141. The minimum Gasteiger partial charge on any atom is -0.384 e. The van der Waals surface area contributed by atoms with Crippen LogP contribution in [-0.2, 0) is 0 Å². The van der Waals surface area contributed by atoms with E-state index in [4.69, 9.17) is 11.1 Å². The molecule has 1 aromatic carbocycles. The van der Waals surface area contributed by atoms with Crippen molar-refractivity contribution in [3.8, 4) is 0 Å². The Hall–Kier alpha value is -1.03. The van der Waals surface area contributed by atoms with Gasteiger partial charge < -0.3 is 10.6 Å². The molecule has 0 atom stereocenters. The minimum atomic E-state index is 0.141. The van der Waals surface area contributed by atoms with E-state index >= 15 is 0 Å². The number of rotatable bonds is 5. The van der Waals surface area contributed by atoms with E-state index in [9.17, 15) is 0 Å². The smallest absolute Gasteiger partial charge is 0.124 e. The Kier molecular flexibility index (Phi) is 3.72. The number of anilines is 1. The highest BCUT2D eigenvalue weighted by Gasteiger charge is 2.25. The third-order valence-corrected chi connectivity index (χ3v) is 3.64. The molecule has 0 aromatic heterocycles. The highest BCUT2D eigenvalue weighted by atomic mass is 79.9. The van der Waals surface area contributed by atoms with E-state index in [-0.39, 0.29) is 5.84 Å². The van der Waals surface area contributed by atoms with Crippen molar-refractivity contribution in [2.75, 3.05) is 18.0 Å². The van der Waals surface area contributed by atoms with Crippen LogP contribution in [0.15, 0.2) is 22.7 Å². The first-order valence-electron chi connectivity index (χ1n) is 6.00. The molecule has 2 rings (SSSR count). The molecule has 4 heteroatoms. The fraction of sp³-hybridized carbons (Fsp3) is 0.462. The van der Waals surface area contributed by atoms with Gasteiger partial charge in [-0.25, -0.2) is 0 Å². The van der Waals surface area contributed by atoms with Gasteiger partial charge in [0.1, 0.15) is 5.84 Å². The van der Waals surface area contributed by atoms with Crippen molar-refractivity contribution in [1.82, 2.24) is 0 Å². The molecule has 1 fully saturated rings. The van der Waals surface area contributed by atoms with Gasteiger partial charge in [-0.3, -0.25) is 5.41 Å². The molecule has 0 amide bonds. The van der Waals surface area contributed by atoms with Crippen LogP contribution < -0.4 is 10.6 Å². The van der Waals surface area contributed by atoms with Crippen molar-refractivity contribution in [2.45, 2.75) is 19.8 Å². The zero-order chi connectivity index (χ0) is 12.4. The fourth-order valence-electron chi connectivity index (χ4n) is 2.00. The van der Waals surface area contributed by atoms with Crippen molar-refractivity contribution < 1.29 is 0 Å². The van der Waals surface area contributed by atoms with E-state index in [2.05, 4.69) is 33.8 Å². The van der Waals surface area contributed by atoms with Gasteiger partial charge in [0, 0.05) is 28.8 Å². The van der Waals surface area contributed by atoms with Crippen LogP contribution in [0.5, 0.6) is 0 Å². The Morgan fingerprint density at radius 1 is 1.53 bits per heavy atom. The zero-order valence-electron chi connectivity index (χ0n) is 10.0. The molecule has 0 heterocycles. The number of hydrogen-bond acceptors (Lipinski definition) is 2. The van der Waals surface area contributed by atoms with Crippen LogP contribution in [0.1, 0.15) is 25.3 Å². The molecule has 1 aliphatic rings. The van der Waals surface area contributed by atoms with Crippen molar-refractivity contribution in [3.63, 3.8) is 0 Å². The second-order valence-corrected chi connectivity index (χ2v) is 5.47. The average molecular weight is 296 g/mol. The molecule has 3 N–H and O–H groups in total. The van der Waals surface area contributed by atoms with Crippen molar-refractivity contribution >= 4 is 27.5 Å². The lowest BCUT2D eigenvalue weighted by Gasteiger charge is -2.25. The highest BCUT2D eigenvalue weighted by molar-refractivity contribution is 9.10. The summed E-state index contributed by atoms with van der Waals surface area (Å²) < 4.78 is 1.03. The van der Waals surface area contributed by atoms with Gasteiger partial charge in [-0.2, -0.15) is 0 Å². The topological polar surface area (TPSA) is 53.1 Å². The zero-order valence-corrected chi connectivity index (χ0v) is 11.6. The molecule has 0 radical (unpaired) electrons. The third-order valence-electron chi connectivity index (χ3n) is 3.15. The Bertz CT molecular complexity index is 427. The number of halogens is 1. The van der Waals surface area contributed by atoms with Crippen LogP contribution in [0.3, 0.4) is 0 Å². The van der Waals surface area contributed by atoms with E-state index in [1.165, 1.54) is 12.8 Å². The molecule has 1 aromatic rings. The quantitative estimate of drug-likeness (QED) is 0.648. The number of hydrogen-bond donors (Lipinski definition) is 2. The molecule has 0 aliphatic heterocycles. The predicted molar refractivity (Wildman–Crippen MR) is 75.8 cm³/mol. The maximum atomic E-state index is 7.65. The summed E-state index contributed by atoms with van der Waals surface area (Å²) in [6.07, 6.45) is 2.67. The Morgan fingerprint density at radius 2 is 2.24 bits per heavy atom. The number of amidine groups is 1. The molecule has 1 aliphatic carbocycles. The van der Waals surface area contributed by atoms with Crippen LogP contribution in [-0.4, -0.2) is 18.9 Å². The van der Waals surface area contributed by atoms with Crippen molar-refractivity contribution in [2.24, 2.45) is 11.7 Å². The molecular formula is C13H18BrN3. The summed E-state index contributed by atoms with van der Waals surface area (Å²) in [4.78, 5) is 2.32. The van der Waals surface area contributed by atoms with Gasteiger partial charge in [0.15, 0.2) is 0 Å². The first kappa shape index (κ1) is 12.4. The summed E-state index contributed by atoms with van der Waals surface area (Å²) in [5.74, 6) is 0.968. The van der Waals surface area contributed by atoms with Gasteiger partial charge >= 0.3 is 0 Å². The third kappa shape index (κ3) is 3.00. The van der Waals surface area contributed by atoms with Crippen molar-refractivity contribution in [1.29, 1.82) is 5.41 Å². The lowest BCUT2D eigenvalue weighted by atomic mass is 10.1. The van der Waals surface area contributed by atoms with Gasteiger partial charge in [-0.15, -0.1) is 0 Å². The van der Waals surface area contributed by atoms with Gasteiger partial charge in [-0.05, 0) is 43.9 Å². The monoisotopic (exact) mass is 295 g/mol. The number of nitrogens with two attached hydrogens (primary N) is 1. The van der Waals surface area contributed by atoms with E-state index < -0.39 is 0 Å². The van der Waals surface area contributed by atoms with E-state index in [0.29, 0.717) is 0 Å². The second-order valence-electron chi connectivity index (χ2n) is 4.56. The van der Waals surface area contributed by atoms with E-state index in [1.807, 2.05) is 12.1 Å². The maximum Gasteiger partial charge on any atom is 0.124 e. The lowest BCUT2D eigenvalue weighted by Crippen LogP contribution is -2.28. The summed E-state index contributed by atoms with van der Waals surface area (Å²) >= 11 is 3.49. The summed E-state index contributed by atoms with van der Waals surface area (Å²) in [5, 5.41) is 7.65. The number of benzene rings is 1. The van der Waals surface area contributed by atoms with Crippen LogP contribution in [0.4, 0.5) is 5.69 Å². The van der Waals surface area contributed by atoms with Crippen LogP contribution >= 0.6 is 15.9 Å². The standard InChI is InChI=1S/C13H18BrN3/c1-2-17(8-9-3-4-9)12-7-10(14)5-6-11(12)13(15)16/h5-7,9H,2-4,8H2,1H3,(H3,15,16). The molecule has 1 saturated carbocycles. The summed E-state index contributed by atoms with van der Waals surface area (Å²) in [7, 11) is 0. The highest BCUT2D eigenvalue weighted by Crippen LogP contribution is 2.33. The summed E-state index contributed by atoms with van der Waals surface area (Å²) in [5.41, 5.74) is 7.54. The first-order valence-corrected chi connectivity index (χ1v) is 6.80. The van der Waals surface area contributed by atoms with Crippen molar-refractivity contribution in [3.05, 3.63) is 28.2 Å². The van der Waals surface area contributed by atoms with E-state index in [0.717, 1.165) is 34.7 Å². The summed E-state index contributed by atoms with van der Waals surface area (Å²) in [6, 6.07) is 5.91. The summed E-state index contributed by atoms with van der Waals surface area (Å²) in [6.45, 7) is 4.17. The average Bonchev–Trinajstić information content (AvgIpc) is 3.09. The molecular weight excluding hydrogens is 278 g/mol. The molecule has 0 saturated heterocycles. The molecule has 3 nitrogen and oxygen atoms in total. The normalized spacial score (nSPS) is 14.7. The van der Waals surface area contributed by atoms with Gasteiger partial charge in [-0.1, -0.05) is 15.9 Å². The first-order chi connectivity index (χ1) is 8.11. The SMILES string of the molecule is CCN(CC1CC1)c1cc(Br)ccc1C(=N)N. The fourth-order valence-corrected chi connectivity index (χ4v) is 2.35. The molecule has 0 unspecified atom stereocenters. The predicted octanol–water partition coefficient (Wildman–Crippen LogP) is 2.97. The van der Waals surface area contributed by atoms with Crippen LogP contribution in [0, 0.1) is 11.3 Å². The Morgan fingerprint density at radius 3 is 2.76 bits per heavy atom. The van der Waals surface area contributed by atoms with Gasteiger partial charge in [0.05, 0.1) is 0 Å². The molecule has 0 bridgehead atoms. The van der Waals surface area contributed by atoms with E-state index in [1.54, 1.807) is 0 Å². The molecule has 0 spiro atoms. The lowest BCUT2D eigenvalue weighted by molar-refractivity contribution is 0.741. The molecule has 92 valence electrons. The van der Waals surface area contributed by atoms with Gasteiger partial charge in [0.2, 0.25) is 0 Å². The number of nitrogens with zero attached hydrogens (tertiary/aromatic N) is 1. The maximum absolute atomic E-state index is 7.65. The Labute approximate surface area is 111 Å². The molecule has 17 heavy (non-hydrogen) atoms. The largest absolute Gasteiger partial charge is 0.384 e. The Balaban J connectivity index is 2.31. The van der Waals surface area contributed by atoms with Crippen LogP contribution in [0.2, 0.25) is 0 Å². The number of nitrogens with one attached hydrogen (secondary N) is 1. The van der Waals surface area contributed by atoms with Crippen LogP contribution in [0.25, 0.3) is 0 Å². The van der Waals surface area contributed by atoms with Gasteiger partial charge in [0.25, 0.3) is 0 Å². The second kappa shape index (κ2) is 5.08. The number of nitrogen functional groups attached to an aromatic ring is 1.